The summed E-state index contributed by atoms with van der Waals surface area (Å²) in [6.45, 7) is 0. The number of benzene rings is 2. The fourth-order valence-corrected chi connectivity index (χ4v) is 2.99. The fraction of sp³-hybridized carbons (Fsp3) is 0.0500. The largest absolute Gasteiger partial charge is 0.326 e. The molecule has 2 aromatic carbocycles. The van der Waals surface area contributed by atoms with Gasteiger partial charge in [-0.05, 0) is 23.8 Å². The normalized spacial score (nSPS) is 10.8. The minimum absolute atomic E-state index is 0.0643. The molecule has 5 nitrogen and oxygen atoms in total. The number of thiazole rings is 1. The molecule has 2 amide bonds. The third-order valence-corrected chi connectivity index (χ3v) is 4.36. The molecular formula is C20H15F2N3O2S. The second kappa shape index (κ2) is 9.01. The van der Waals surface area contributed by atoms with Crippen molar-refractivity contribution in [1.82, 2.24) is 4.98 Å². The van der Waals surface area contributed by atoms with Gasteiger partial charge in [0.1, 0.15) is 0 Å². The predicted molar refractivity (Wildman–Crippen MR) is 105 cm³/mol. The molecule has 0 unspecified atom stereocenters. The Morgan fingerprint density at radius 1 is 1.04 bits per heavy atom. The maximum Gasteiger partial charge on any atom is 0.250 e. The van der Waals surface area contributed by atoms with Gasteiger partial charge < -0.3 is 5.32 Å². The van der Waals surface area contributed by atoms with E-state index in [0.29, 0.717) is 10.8 Å². The standard InChI is InChI=1S/C20H15F2N3O2S/c21-16-8-7-14(10-17(16)22)23-19(27)11-15-12-28-20(24-15)25-18(26)9-6-13-4-2-1-3-5-13/h1-10,12H,11H2,(H,23,27)(H,24,25,26)/b9-6+. The first-order valence-electron chi connectivity index (χ1n) is 8.23. The molecule has 0 radical (unpaired) electrons. The van der Waals surface area contributed by atoms with Gasteiger partial charge in [-0.2, -0.15) is 0 Å². The summed E-state index contributed by atoms with van der Waals surface area (Å²) in [5, 5.41) is 7.10. The molecule has 0 spiro atoms. The lowest BCUT2D eigenvalue weighted by Gasteiger charge is -2.04. The number of nitrogens with zero attached hydrogens (tertiary/aromatic N) is 1. The molecule has 0 saturated heterocycles. The van der Waals surface area contributed by atoms with Crippen molar-refractivity contribution in [2.75, 3.05) is 10.6 Å². The highest BCUT2D eigenvalue weighted by molar-refractivity contribution is 7.14. The second-order valence-corrected chi connectivity index (χ2v) is 6.59. The Morgan fingerprint density at radius 3 is 2.57 bits per heavy atom. The molecule has 0 saturated carbocycles. The highest BCUT2D eigenvalue weighted by atomic mass is 32.1. The van der Waals surface area contributed by atoms with E-state index in [1.165, 1.54) is 23.5 Å². The lowest BCUT2D eigenvalue weighted by atomic mass is 10.2. The van der Waals surface area contributed by atoms with E-state index in [2.05, 4.69) is 15.6 Å². The predicted octanol–water partition coefficient (Wildman–Crippen LogP) is 4.25. The minimum atomic E-state index is -1.04. The Morgan fingerprint density at radius 2 is 1.82 bits per heavy atom. The van der Waals surface area contributed by atoms with E-state index in [-0.39, 0.29) is 18.0 Å². The molecular weight excluding hydrogens is 384 g/mol. The number of anilines is 2. The monoisotopic (exact) mass is 399 g/mol. The summed E-state index contributed by atoms with van der Waals surface area (Å²) in [6.07, 6.45) is 3.01. The molecule has 1 heterocycles. The van der Waals surface area contributed by atoms with Crippen LogP contribution in [0.15, 0.2) is 60.0 Å². The number of hydrogen-bond donors (Lipinski definition) is 2. The molecule has 2 N–H and O–H groups in total. The van der Waals surface area contributed by atoms with Gasteiger partial charge in [0.25, 0.3) is 0 Å². The molecule has 0 fully saturated rings. The maximum atomic E-state index is 13.2. The Labute approximate surface area is 163 Å². The van der Waals surface area contributed by atoms with E-state index >= 15 is 0 Å². The van der Waals surface area contributed by atoms with Crippen LogP contribution in [0.1, 0.15) is 11.3 Å². The van der Waals surface area contributed by atoms with Crippen LogP contribution in [-0.4, -0.2) is 16.8 Å². The van der Waals surface area contributed by atoms with Gasteiger partial charge in [0.2, 0.25) is 11.8 Å². The van der Waals surface area contributed by atoms with Crippen molar-refractivity contribution in [2.24, 2.45) is 0 Å². The Balaban J connectivity index is 1.53. The van der Waals surface area contributed by atoms with Crippen molar-refractivity contribution in [3.05, 3.63) is 82.9 Å². The van der Waals surface area contributed by atoms with E-state index < -0.39 is 17.5 Å². The van der Waals surface area contributed by atoms with Gasteiger partial charge in [0.05, 0.1) is 12.1 Å². The molecule has 0 atom stereocenters. The molecule has 0 aliphatic heterocycles. The van der Waals surface area contributed by atoms with Crippen LogP contribution in [0.3, 0.4) is 0 Å². The average Bonchev–Trinajstić information content (AvgIpc) is 3.10. The SMILES string of the molecule is O=C(/C=C/c1ccccc1)Nc1nc(CC(=O)Nc2ccc(F)c(F)c2)cs1. The topological polar surface area (TPSA) is 71.1 Å². The van der Waals surface area contributed by atoms with Crippen LogP contribution in [0.4, 0.5) is 19.6 Å². The van der Waals surface area contributed by atoms with Gasteiger partial charge in [0, 0.05) is 23.2 Å². The smallest absolute Gasteiger partial charge is 0.250 e. The lowest BCUT2D eigenvalue weighted by molar-refractivity contribution is -0.115. The number of aromatic nitrogens is 1. The van der Waals surface area contributed by atoms with Crippen molar-refractivity contribution in [3.8, 4) is 0 Å². The van der Waals surface area contributed by atoms with E-state index in [4.69, 9.17) is 0 Å². The summed E-state index contributed by atoms with van der Waals surface area (Å²) in [5.74, 6) is -2.80. The zero-order valence-electron chi connectivity index (χ0n) is 14.5. The molecule has 3 aromatic rings. The van der Waals surface area contributed by atoms with E-state index in [9.17, 15) is 18.4 Å². The fourth-order valence-electron chi connectivity index (χ4n) is 2.27. The third-order valence-electron chi connectivity index (χ3n) is 3.55. The average molecular weight is 399 g/mol. The zero-order chi connectivity index (χ0) is 19.9. The van der Waals surface area contributed by atoms with Crippen LogP contribution in [0.25, 0.3) is 6.08 Å². The Bertz CT molecular complexity index is 1020. The molecule has 1 aromatic heterocycles. The second-order valence-electron chi connectivity index (χ2n) is 5.73. The third kappa shape index (κ3) is 5.55. The first-order valence-corrected chi connectivity index (χ1v) is 9.11. The van der Waals surface area contributed by atoms with E-state index in [1.807, 2.05) is 30.3 Å². The van der Waals surface area contributed by atoms with E-state index in [1.54, 1.807) is 11.5 Å². The number of hydrogen-bond acceptors (Lipinski definition) is 4. The van der Waals surface area contributed by atoms with Crippen molar-refractivity contribution in [2.45, 2.75) is 6.42 Å². The number of nitrogens with one attached hydrogen (secondary N) is 2. The lowest BCUT2D eigenvalue weighted by Crippen LogP contribution is -2.15. The van der Waals surface area contributed by atoms with Gasteiger partial charge >= 0.3 is 0 Å². The molecule has 3 rings (SSSR count). The summed E-state index contributed by atoms with van der Waals surface area (Å²) in [5.41, 5.74) is 1.50. The number of carbonyl (C=O) groups excluding carboxylic acids is 2. The molecule has 0 aliphatic carbocycles. The zero-order valence-corrected chi connectivity index (χ0v) is 15.3. The minimum Gasteiger partial charge on any atom is -0.326 e. The van der Waals surface area contributed by atoms with Crippen molar-refractivity contribution in [3.63, 3.8) is 0 Å². The summed E-state index contributed by atoms with van der Waals surface area (Å²) in [7, 11) is 0. The van der Waals surface area contributed by atoms with Crippen LogP contribution in [0, 0.1) is 11.6 Å². The summed E-state index contributed by atoms with van der Waals surface area (Å²) < 4.78 is 26.1. The van der Waals surface area contributed by atoms with Gasteiger partial charge in [-0.25, -0.2) is 13.8 Å². The van der Waals surface area contributed by atoms with Gasteiger partial charge in [0.15, 0.2) is 16.8 Å². The molecule has 28 heavy (non-hydrogen) atoms. The van der Waals surface area contributed by atoms with Crippen LogP contribution < -0.4 is 10.6 Å². The number of rotatable bonds is 6. The number of halogens is 2. The Hall–Kier alpha value is -3.39. The van der Waals surface area contributed by atoms with Crippen LogP contribution >= 0.6 is 11.3 Å². The van der Waals surface area contributed by atoms with Crippen molar-refractivity contribution in [1.29, 1.82) is 0 Å². The highest BCUT2D eigenvalue weighted by Crippen LogP contribution is 2.17. The van der Waals surface area contributed by atoms with Crippen molar-refractivity contribution >= 4 is 40.0 Å². The van der Waals surface area contributed by atoms with Gasteiger partial charge in [-0.1, -0.05) is 30.3 Å². The number of amides is 2. The molecule has 8 heteroatoms. The number of carbonyl (C=O) groups is 2. The van der Waals surface area contributed by atoms with Crippen LogP contribution in [0.5, 0.6) is 0 Å². The molecule has 142 valence electrons. The summed E-state index contributed by atoms with van der Waals surface area (Å²) >= 11 is 1.19. The van der Waals surface area contributed by atoms with Gasteiger partial charge in [-0.15, -0.1) is 11.3 Å². The summed E-state index contributed by atoms with van der Waals surface area (Å²) in [4.78, 5) is 28.1. The first kappa shape index (κ1) is 19.4. The highest BCUT2D eigenvalue weighted by Gasteiger charge is 2.10. The quantitative estimate of drug-likeness (QED) is 0.609. The van der Waals surface area contributed by atoms with Crippen LogP contribution in [-0.2, 0) is 16.0 Å². The summed E-state index contributed by atoms with van der Waals surface area (Å²) in [6, 6.07) is 12.5. The van der Waals surface area contributed by atoms with Gasteiger partial charge in [-0.3, -0.25) is 14.9 Å². The van der Waals surface area contributed by atoms with Crippen LogP contribution in [0.2, 0.25) is 0 Å². The van der Waals surface area contributed by atoms with Crippen molar-refractivity contribution < 1.29 is 18.4 Å². The molecule has 0 bridgehead atoms. The Kier molecular flexibility index (Phi) is 6.23. The first-order chi connectivity index (χ1) is 13.5. The maximum absolute atomic E-state index is 13.2. The molecule has 0 aliphatic rings. The van der Waals surface area contributed by atoms with E-state index in [0.717, 1.165) is 17.7 Å².